The van der Waals surface area contributed by atoms with Crippen molar-refractivity contribution in [3.05, 3.63) is 17.5 Å². The van der Waals surface area contributed by atoms with Gasteiger partial charge in [-0.2, -0.15) is 5.10 Å². The molecule has 2 atom stereocenters. The van der Waals surface area contributed by atoms with Crippen LogP contribution in [0.2, 0.25) is 0 Å². The lowest BCUT2D eigenvalue weighted by molar-refractivity contribution is -0.124. The first kappa shape index (κ1) is 14.2. The second kappa shape index (κ2) is 5.66. The molecule has 6 nitrogen and oxygen atoms in total. The molecule has 1 aromatic rings. The third kappa shape index (κ3) is 3.09. The van der Waals surface area contributed by atoms with Crippen LogP contribution in [-0.4, -0.2) is 32.8 Å². The number of amides is 1. The Morgan fingerprint density at radius 1 is 1.50 bits per heavy atom. The molecule has 2 N–H and O–H groups in total. The third-order valence-corrected chi connectivity index (χ3v) is 2.92. The highest BCUT2D eigenvalue weighted by atomic mass is 16.4. The van der Waals surface area contributed by atoms with Crippen molar-refractivity contribution in [1.82, 2.24) is 15.1 Å². The van der Waals surface area contributed by atoms with E-state index < -0.39 is 12.0 Å². The third-order valence-electron chi connectivity index (χ3n) is 2.92. The van der Waals surface area contributed by atoms with Crippen LogP contribution >= 0.6 is 0 Å². The molecule has 18 heavy (non-hydrogen) atoms. The minimum Gasteiger partial charge on any atom is -0.478 e. The lowest BCUT2D eigenvalue weighted by Gasteiger charge is -2.16. The van der Waals surface area contributed by atoms with Gasteiger partial charge in [0.05, 0.1) is 5.69 Å². The lowest BCUT2D eigenvalue weighted by Crippen LogP contribution is -2.37. The summed E-state index contributed by atoms with van der Waals surface area (Å²) in [7, 11) is 0. The standard InChI is InChI=1S/C12H19N3O3/c1-5-7(2)13-11(16)9(4)15-6-10(12(17)18)8(3)14-15/h6-7,9H,5H2,1-4H3,(H,13,16)(H,17,18). The minimum absolute atomic E-state index is 0.0931. The van der Waals surface area contributed by atoms with E-state index in [0.717, 1.165) is 6.42 Å². The highest BCUT2D eigenvalue weighted by Gasteiger charge is 2.20. The molecule has 0 saturated heterocycles. The van der Waals surface area contributed by atoms with Gasteiger partial charge in [0.1, 0.15) is 11.6 Å². The maximum absolute atomic E-state index is 11.9. The van der Waals surface area contributed by atoms with Gasteiger partial charge >= 0.3 is 5.97 Å². The number of carbonyl (C=O) groups excluding carboxylic acids is 1. The molecule has 0 fully saturated rings. The number of carbonyl (C=O) groups is 2. The van der Waals surface area contributed by atoms with E-state index in [1.54, 1.807) is 13.8 Å². The van der Waals surface area contributed by atoms with Crippen LogP contribution in [0.1, 0.15) is 49.3 Å². The molecule has 0 aliphatic carbocycles. The molecule has 0 aromatic carbocycles. The average Bonchev–Trinajstić information content (AvgIpc) is 2.70. The Bertz CT molecular complexity index is 453. The number of rotatable bonds is 5. The number of hydrogen-bond acceptors (Lipinski definition) is 3. The summed E-state index contributed by atoms with van der Waals surface area (Å²) in [4.78, 5) is 22.8. The molecular formula is C12H19N3O3. The van der Waals surface area contributed by atoms with Crippen LogP contribution in [0.15, 0.2) is 6.20 Å². The predicted molar refractivity (Wildman–Crippen MR) is 66.5 cm³/mol. The van der Waals surface area contributed by atoms with E-state index in [0.29, 0.717) is 5.69 Å². The second-order valence-corrected chi connectivity index (χ2v) is 4.41. The van der Waals surface area contributed by atoms with Crippen LogP contribution in [0.25, 0.3) is 0 Å². The van der Waals surface area contributed by atoms with Crippen molar-refractivity contribution < 1.29 is 14.7 Å². The summed E-state index contributed by atoms with van der Waals surface area (Å²) in [5.41, 5.74) is 0.531. The number of aryl methyl sites for hydroxylation is 1. The number of carboxylic acid groups (broad SMARTS) is 1. The highest BCUT2D eigenvalue weighted by Crippen LogP contribution is 2.11. The Hall–Kier alpha value is -1.85. The van der Waals surface area contributed by atoms with Crippen molar-refractivity contribution in [2.24, 2.45) is 0 Å². The summed E-state index contributed by atoms with van der Waals surface area (Å²) < 4.78 is 1.39. The lowest BCUT2D eigenvalue weighted by atomic mass is 10.2. The minimum atomic E-state index is -1.03. The number of carboxylic acids is 1. The Kier molecular flexibility index (Phi) is 4.47. The van der Waals surface area contributed by atoms with Crippen molar-refractivity contribution in [1.29, 1.82) is 0 Å². The first-order chi connectivity index (χ1) is 8.36. The molecular weight excluding hydrogens is 234 g/mol. The van der Waals surface area contributed by atoms with Gasteiger partial charge in [0, 0.05) is 12.2 Å². The highest BCUT2D eigenvalue weighted by molar-refractivity contribution is 5.88. The van der Waals surface area contributed by atoms with Gasteiger partial charge in [-0.3, -0.25) is 9.48 Å². The van der Waals surface area contributed by atoms with Gasteiger partial charge in [0.15, 0.2) is 0 Å². The van der Waals surface area contributed by atoms with Crippen molar-refractivity contribution in [3.63, 3.8) is 0 Å². The zero-order chi connectivity index (χ0) is 13.9. The van der Waals surface area contributed by atoms with Gasteiger partial charge in [-0.05, 0) is 27.2 Å². The zero-order valence-electron chi connectivity index (χ0n) is 11.1. The van der Waals surface area contributed by atoms with Gasteiger partial charge in [-0.15, -0.1) is 0 Å². The van der Waals surface area contributed by atoms with Gasteiger partial charge in [-0.25, -0.2) is 4.79 Å². The fourth-order valence-corrected chi connectivity index (χ4v) is 1.48. The molecule has 1 amide bonds. The number of nitrogens with one attached hydrogen (secondary N) is 1. The van der Waals surface area contributed by atoms with Crippen LogP contribution in [-0.2, 0) is 4.79 Å². The van der Waals surface area contributed by atoms with E-state index in [1.165, 1.54) is 10.9 Å². The summed E-state index contributed by atoms with van der Waals surface area (Å²) in [6.45, 7) is 7.20. The Balaban J connectivity index is 2.84. The molecule has 0 saturated carbocycles. The van der Waals surface area contributed by atoms with Crippen LogP contribution in [0, 0.1) is 6.92 Å². The second-order valence-electron chi connectivity index (χ2n) is 4.41. The van der Waals surface area contributed by atoms with Gasteiger partial charge in [0.2, 0.25) is 5.91 Å². The monoisotopic (exact) mass is 253 g/mol. The summed E-state index contributed by atoms with van der Waals surface area (Å²) in [5.74, 6) is -1.20. The Morgan fingerprint density at radius 2 is 2.11 bits per heavy atom. The fraction of sp³-hybridized carbons (Fsp3) is 0.583. The Morgan fingerprint density at radius 3 is 2.56 bits per heavy atom. The fourth-order valence-electron chi connectivity index (χ4n) is 1.48. The predicted octanol–water partition coefficient (Wildman–Crippen LogP) is 1.37. The van der Waals surface area contributed by atoms with Crippen LogP contribution in [0.3, 0.4) is 0 Å². The van der Waals surface area contributed by atoms with Crippen molar-refractivity contribution in [2.45, 2.75) is 46.2 Å². The molecule has 0 spiro atoms. The number of hydrogen-bond donors (Lipinski definition) is 2. The molecule has 1 rings (SSSR count). The number of nitrogens with zero attached hydrogens (tertiary/aromatic N) is 2. The van der Waals surface area contributed by atoms with E-state index >= 15 is 0 Å². The summed E-state index contributed by atoms with van der Waals surface area (Å²) >= 11 is 0. The summed E-state index contributed by atoms with van der Waals surface area (Å²) in [6.07, 6.45) is 2.23. The molecule has 0 bridgehead atoms. The van der Waals surface area contributed by atoms with Gasteiger partial charge in [0.25, 0.3) is 0 Å². The molecule has 0 radical (unpaired) electrons. The molecule has 0 aliphatic heterocycles. The van der Waals surface area contributed by atoms with Crippen LogP contribution in [0.5, 0.6) is 0 Å². The summed E-state index contributed by atoms with van der Waals surface area (Å²) in [5, 5.41) is 15.8. The SMILES string of the molecule is CCC(C)NC(=O)C(C)n1cc(C(=O)O)c(C)n1. The maximum Gasteiger partial charge on any atom is 0.339 e. The Labute approximate surface area is 106 Å². The molecule has 2 unspecified atom stereocenters. The molecule has 0 aliphatic rings. The van der Waals surface area contributed by atoms with Gasteiger partial charge in [-0.1, -0.05) is 6.92 Å². The summed E-state index contributed by atoms with van der Waals surface area (Å²) in [6, 6.07) is -0.429. The van der Waals surface area contributed by atoms with Crippen molar-refractivity contribution in [2.75, 3.05) is 0 Å². The molecule has 100 valence electrons. The quantitative estimate of drug-likeness (QED) is 0.830. The van der Waals surface area contributed by atoms with E-state index in [1.807, 2.05) is 13.8 Å². The van der Waals surface area contributed by atoms with Crippen LogP contribution in [0.4, 0.5) is 0 Å². The molecule has 1 aromatic heterocycles. The van der Waals surface area contributed by atoms with E-state index in [-0.39, 0.29) is 17.5 Å². The largest absolute Gasteiger partial charge is 0.478 e. The maximum atomic E-state index is 11.9. The molecule has 1 heterocycles. The van der Waals surface area contributed by atoms with Crippen LogP contribution < -0.4 is 5.32 Å². The number of aromatic carboxylic acids is 1. The van der Waals surface area contributed by atoms with Gasteiger partial charge < -0.3 is 10.4 Å². The van der Waals surface area contributed by atoms with E-state index in [4.69, 9.17) is 5.11 Å². The smallest absolute Gasteiger partial charge is 0.339 e. The van der Waals surface area contributed by atoms with Crippen molar-refractivity contribution >= 4 is 11.9 Å². The first-order valence-corrected chi connectivity index (χ1v) is 5.96. The first-order valence-electron chi connectivity index (χ1n) is 5.96. The zero-order valence-corrected chi connectivity index (χ0v) is 11.1. The van der Waals surface area contributed by atoms with E-state index in [9.17, 15) is 9.59 Å². The normalized spacial score (nSPS) is 14.0. The molecule has 6 heteroatoms. The van der Waals surface area contributed by atoms with E-state index in [2.05, 4.69) is 10.4 Å². The topological polar surface area (TPSA) is 84.2 Å². The average molecular weight is 253 g/mol. The van der Waals surface area contributed by atoms with Crippen molar-refractivity contribution in [3.8, 4) is 0 Å². The number of aromatic nitrogens is 2.